The predicted molar refractivity (Wildman–Crippen MR) is 61.7 cm³/mol. The Morgan fingerprint density at radius 3 is 2.53 bits per heavy atom. The lowest BCUT2D eigenvalue weighted by molar-refractivity contribution is -0.130. The second kappa shape index (κ2) is 4.36. The Labute approximate surface area is 98.2 Å². The molecule has 1 aliphatic heterocycles. The van der Waals surface area contributed by atoms with Crippen LogP contribution in [0.5, 0.6) is 0 Å². The molecule has 2 heterocycles. The molecule has 0 spiro atoms. The topological polar surface area (TPSA) is 87.2 Å². The van der Waals surface area contributed by atoms with Gasteiger partial charge in [0.1, 0.15) is 5.82 Å². The molecule has 7 nitrogen and oxygen atoms in total. The third kappa shape index (κ3) is 2.49. The van der Waals surface area contributed by atoms with E-state index in [-0.39, 0.29) is 24.9 Å². The third-order valence-corrected chi connectivity index (χ3v) is 2.34. The van der Waals surface area contributed by atoms with Crippen molar-refractivity contribution in [2.75, 3.05) is 30.4 Å². The molecule has 0 atom stereocenters. The zero-order chi connectivity index (χ0) is 12.4. The monoisotopic (exact) mass is 235 g/mol. The molecule has 2 amide bonds. The number of carbonyl (C=O) groups excluding carboxylic acids is 2. The molecule has 0 unspecified atom stereocenters. The van der Waals surface area contributed by atoms with Crippen molar-refractivity contribution < 1.29 is 9.59 Å². The van der Waals surface area contributed by atoms with Crippen molar-refractivity contribution in [2.45, 2.75) is 6.92 Å². The fourth-order valence-corrected chi connectivity index (χ4v) is 1.62. The highest BCUT2D eigenvalue weighted by Crippen LogP contribution is 2.15. The molecule has 1 aromatic rings. The summed E-state index contributed by atoms with van der Waals surface area (Å²) in [6.45, 7) is 2.09. The first-order valence-corrected chi connectivity index (χ1v) is 5.19. The van der Waals surface area contributed by atoms with Gasteiger partial charge in [0.25, 0.3) is 0 Å². The summed E-state index contributed by atoms with van der Waals surface area (Å²) in [5.41, 5.74) is 0.776. The van der Waals surface area contributed by atoms with Crippen LogP contribution in [0.3, 0.4) is 0 Å². The molecule has 1 saturated heterocycles. The Balaban J connectivity index is 2.29. The summed E-state index contributed by atoms with van der Waals surface area (Å²) in [5.74, 6) is 0.413. The van der Waals surface area contributed by atoms with Crippen molar-refractivity contribution in [3.05, 3.63) is 11.8 Å². The molecule has 17 heavy (non-hydrogen) atoms. The lowest BCUT2D eigenvalue weighted by atomic mass is 10.3. The van der Waals surface area contributed by atoms with Gasteiger partial charge < -0.3 is 10.2 Å². The number of imide groups is 1. The van der Waals surface area contributed by atoms with Crippen molar-refractivity contribution in [2.24, 2.45) is 0 Å². The van der Waals surface area contributed by atoms with Crippen LogP contribution in [0.1, 0.15) is 5.69 Å². The highest BCUT2D eigenvalue weighted by molar-refractivity contribution is 6.02. The zero-order valence-electron chi connectivity index (χ0n) is 9.65. The van der Waals surface area contributed by atoms with E-state index in [1.165, 1.54) is 0 Å². The van der Waals surface area contributed by atoms with Crippen LogP contribution in [0, 0.1) is 6.92 Å². The first kappa shape index (κ1) is 11.3. The van der Waals surface area contributed by atoms with Gasteiger partial charge >= 0.3 is 0 Å². The number of nitrogens with zero attached hydrogens (tertiary/aromatic N) is 3. The summed E-state index contributed by atoms with van der Waals surface area (Å²) >= 11 is 0. The van der Waals surface area contributed by atoms with Gasteiger partial charge in [-0.2, -0.15) is 4.98 Å². The van der Waals surface area contributed by atoms with Gasteiger partial charge in [-0.3, -0.25) is 14.9 Å². The number of amides is 2. The quantitative estimate of drug-likeness (QED) is 0.658. The van der Waals surface area contributed by atoms with Crippen molar-refractivity contribution in [3.8, 4) is 0 Å². The average molecular weight is 235 g/mol. The number of carbonyl (C=O) groups is 2. The second-order valence-electron chi connectivity index (χ2n) is 3.77. The highest BCUT2D eigenvalue weighted by Gasteiger charge is 2.23. The SMILES string of the molecule is CNc1nc(C)cc(N2CC(=O)NC(=O)C2)n1. The van der Waals surface area contributed by atoms with Gasteiger partial charge in [-0.1, -0.05) is 0 Å². The van der Waals surface area contributed by atoms with Crippen molar-refractivity contribution in [1.82, 2.24) is 15.3 Å². The van der Waals surface area contributed by atoms with E-state index < -0.39 is 0 Å². The molecule has 0 aliphatic carbocycles. The van der Waals surface area contributed by atoms with Gasteiger partial charge in [-0.05, 0) is 6.92 Å². The van der Waals surface area contributed by atoms with E-state index in [1.807, 2.05) is 6.92 Å². The number of piperazine rings is 1. The number of hydrogen-bond donors (Lipinski definition) is 2. The van der Waals surface area contributed by atoms with E-state index in [9.17, 15) is 9.59 Å². The van der Waals surface area contributed by atoms with Gasteiger partial charge in [0.2, 0.25) is 17.8 Å². The summed E-state index contributed by atoms with van der Waals surface area (Å²) in [5, 5.41) is 5.08. The normalized spacial score (nSPS) is 15.8. The second-order valence-corrected chi connectivity index (χ2v) is 3.77. The summed E-state index contributed by atoms with van der Waals surface area (Å²) in [6.07, 6.45) is 0. The van der Waals surface area contributed by atoms with Crippen LogP contribution >= 0.6 is 0 Å². The number of hydrogen-bond acceptors (Lipinski definition) is 6. The van der Waals surface area contributed by atoms with Crippen molar-refractivity contribution in [3.63, 3.8) is 0 Å². The maximum atomic E-state index is 11.3. The summed E-state index contributed by atoms with van der Waals surface area (Å²) in [6, 6.07) is 1.74. The van der Waals surface area contributed by atoms with Crippen LogP contribution in [-0.4, -0.2) is 41.9 Å². The summed E-state index contributed by atoms with van der Waals surface area (Å²) in [4.78, 5) is 32.5. The van der Waals surface area contributed by atoms with Gasteiger partial charge in [0.05, 0.1) is 13.1 Å². The van der Waals surface area contributed by atoms with E-state index in [0.717, 1.165) is 5.69 Å². The van der Waals surface area contributed by atoms with Crippen LogP contribution in [0.2, 0.25) is 0 Å². The van der Waals surface area contributed by atoms with Gasteiger partial charge in [-0.15, -0.1) is 0 Å². The maximum absolute atomic E-state index is 11.3. The minimum atomic E-state index is -0.316. The molecule has 0 bridgehead atoms. The highest BCUT2D eigenvalue weighted by atomic mass is 16.2. The largest absolute Gasteiger partial charge is 0.357 e. The van der Waals surface area contributed by atoms with Gasteiger partial charge in [0.15, 0.2) is 0 Å². The Kier molecular flexibility index (Phi) is 2.90. The number of aryl methyl sites for hydroxylation is 1. The first-order chi connectivity index (χ1) is 8.08. The molecule has 90 valence electrons. The Bertz CT molecular complexity index is 458. The lowest BCUT2D eigenvalue weighted by Gasteiger charge is -2.26. The molecular formula is C10H13N5O2. The van der Waals surface area contributed by atoms with Crippen LogP contribution in [0.4, 0.5) is 11.8 Å². The zero-order valence-corrected chi connectivity index (χ0v) is 9.65. The van der Waals surface area contributed by atoms with Gasteiger partial charge in [-0.25, -0.2) is 4.98 Å². The minimum Gasteiger partial charge on any atom is -0.357 e. The van der Waals surface area contributed by atoms with E-state index in [4.69, 9.17) is 0 Å². The minimum absolute atomic E-state index is 0.130. The molecule has 1 aromatic heterocycles. The molecule has 0 aromatic carbocycles. The fraction of sp³-hybridized carbons (Fsp3) is 0.400. The molecule has 7 heteroatoms. The third-order valence-electron chi connectivity index (χ3n) is 2.34. The molecule has 0 saturated carbocycles. The molecular weight excluding hydrogens is 222 g/mol. The summed E-state index contributed by atoms with van der Waals surface area (Å²) in [7, 11) is 1.71. The molecule has 2 rings (SSSR count). The van der Waals surface area contributed by atoms with E-state index in [1.54, 1.807) is 18.0 Å². The average Bonchev–Trinajstić information content (AvgIpc) is 2.26. The van der Waals surface area contributed by atoms with E-state index in [0.29, 0.717) is 11.8 Å². The van der Waals surface area contributed by atoms with E-state index >= 15 is 0 Å². The van der Waals surface area contributed by atoms with Crippen molar-refractivity contribution >= 4 is 23.6 Å². The lowest BCUT2D eigenvalue weighted by Crippen LogP contribution is -2.51. The fourth-order valence-electron chi connectivity index (χ4n) is 1.62. The number of nitrogens with one attached hydrogen (secondary N) is 2. The Morgan fingerprint density at radius 2 is 1.94 bits per heavy atom. The molecule has 1 aliphatic rings. The first-order valence-electron chi connectivity index (χ1n) is 5.19. The van der Waals surface area contributed by atoms with Crippen LogP contribution in [0.25, 0.3) is 0 Å². The van der Waals surface area contributed by atoms with Gasteiger partial charge in [0, 0.05) is 18.8 Å². The number of rotatable bonds is 2. The number of anilines is 2. The predicted octanol–water partition coefficient (Wildman–Crippen LogP) is -0.710. The maximum Gasteiger partial charge on any atom is 0.246 e. The van der Waals surface area contributed by atoms with E-state index in [2.05, 4.69) is 20.6 Å². The number of aromatic nitrogens is 2. The summed E-state index contributed by atoms with van der Waals surface area (Å²) < 4.78 is 0. The molecule has 2 N–H and O–H groups in total. The van der Waals surface area contributed by atoms with Crippen LogP contribution in [0.15, 0.2) is 6.07 Å². The molecule has 0 radical (unpaired) electrons. The van der Waals surface area contributed by atoms with Crippen LogP contribution < -0.4 is 15.5 Å². The standard InChI is InChI=1S/C10H13N5O2/c1-6-3-7(13-10(11-2)12-6)15-4-8(16)14-9(17)5-15/h3H,4-5H2,1-2H3,(H,11,12,13)(H,14,16,17). The van der Waals surface area contributed by atoms with Crippen molar-refractivity contribution in [1.29, 1.82) is 0 Å². The van der Waals surface area contributed by atoms with Crippen LogP contribution in [-0.2, 0) is 9.59 Å². The molecule has 1 fully saturated rings. The Hall–Kier alpha value is -2.18. The Morgan fingerprint density at radius 1 is 1.29 bits per heavy atom. The smallest absolute Gasteiger partial charge is 0.246 e.